The summed E-state index contributed by atoms with van der Waals surface area (Å²) in [6.45, 7) is 3.99. The molecule has 1 atom stereocenters. The van der Waals surface area contributed by atoms with Crippen molar-refractivity contribution in [2.75, 3.05) is 6.54 Å². The van der Waals surface area contributed by atoms with E-state index in [4.69, 9.17) is 5.11 Å². The minimum absolute atomic E-state index is 0.258. The molecule has 2 N–H and O–H groups in total. The summed E-state index contributed by atoms with van der Waals surface area (Å²) < 4.78 is 13.0. The van der Waals surface area contributed by atoms with Gasteiger partial charge in [0.25, 0.3) is 0 Å². The van der Waals surface area contributed by atoms with Gasteiger partial charge in [0, 0.05) is 6.42 Å². The summed E-state index contributed by atoms with van der Waals surface area (Å²) in [6, 6.07) is 6.01. The lowest BCUT2D eigenvalue weighted by Gasteiger charge is -2.25. The molecule has 0 heterocycles. The minimum atomic E-state index is -1.05. The summed E-state index contributed by atoms with van der Waals surface area (Å²) in [5.41, 5.74) is -0.381. The minimum Gasteiger partial charge on any atom is -0.480 e. The van der Waals surface area contributed by atoms with E-state index in [2.05, 4.69) is 5.32 Å². The van der Waals surface area contributed by atoms with Gasteiger partial charge in [0.2, 0.25) is 0 Å². The molecule has 1 aromatic carbocycles. The summed E-state index contributed by atoms with van der Waals surface area (Å²) in [5.74, 6) is -1.28. The van der Waals surface area contributed by atoms with Crippen molar-refractivity contribution in [3.8, 4) is 0 Å². The first-order valence-electron chi connectivity index (χ1n) is 5.21. The van der Waals surface area contributed by atoms with Gasteiger partial charge in [-0.2, -0.15) is 0 Å². The SMILES string of the molecule is CCNC(C)(Cc1cccc(F)c1)C(=O)O. The second kappa shape index (κ2) is 5.07. The topological polar surface area (TPSA) is 49.3 Å². The van der Waals surface area contributed by atoms with E-state index in [-0.39, 0.29) is 12.2 Å². The summed E-state index contributed by atoms with van der Waals surface area (Å²) in [4.78, 5) is 11.1. The van der Waals surface area contributed by atoms with E-state index in [9.17, 15) is 9.18 Å². The summed E-state index contributed by atoms with van der Waals surface area (Å²) >= 11 is 0. The maximum absolute atomic E-state index is 13.0. The highest BCUT2D eigenvalue weighted by Crippen LogP contribution is 2.14. The fraction of sp³-hybridized carbons (Fsp3) is 0.417. The Morgan fingerprint density at radius 3 is 2.75 bits per heavy atom. The Balaban J connectivity index is 2.87. The maximum Gasteiger partial charge on any atom is 0.323 e. The Kier molecular flexibility index (Phi) is 4.01. The lowest BCUT2D eigenvalue weighted by molar-refractivity contribution is -0.144. The number of hydrogen-bond donors (Lipinski definition) is 2. The zero-order valence-electron chi connectivity index (χ0n) is 9.46. The lowest BCUT2D eigenvalue weighted by Crippen LogP contribution is -2.51. The standard InChI is InChI=1S/C12H16FNO2/c1-3-14-12(2,11(15)16)8-9-5-4-6-10(13)7-9/h4-7,14H,3,8H2,1-2H3,(H,15,16). The molecule has 3 nitrogen and oxygen atoms in total. The molecule has 0 fully saturated rings. The van der Waals surface area contributed by atoms with E-state index in [0.29, 0.717) is 12.1 Å². The monoisotopic (exact) mass is 225 g/mol. The van der Waals surface area contributed by atoms with Gasteiger partial charge in [0.15, 0.2) is 0 Å². The van der Waals surface area contributed by atoms with Crippen LogP contribution in [0.4, 0.5) is 4.39 Å². The van der Waals surface area contributed by atoms with Gasteiger partial charge < -0.3 is 10.4 Å². The molecule has 0 aliphatic heterocycles. The molecule has 1 rings (SSSR count). The van der Waals surface area contributed by atoms with Crippen LogP contribution in [-0.4, -0.2) is 23.2 Å². The highest BCUT2D eigenvalue weighted by Gasteiger charge is 2.32. The molecule has 16 heavy (non-hydrogen) atoms. The van der Waals surface area contributed by atoms with Crippen LogP contribution < -0.4 is 5.32 Å². The first-order valence-corrected chi connectivity index (χ1v) is 5.21. The second-order valence-corrected chi connectivity index (χ2v) is 3.97. The van der Waals surface area contributed by atoms with Crippen molar-refractivity contribution in [2.24, 2.45) is 0 Å². The molecule has 0 saturated heterocycles. The molecular weight excluding hydrogens is 209 g/mol. The number of halogens is 1. The third-order valence-electron chi connectivity index (χ3n) is 2.49. The van der Waals surface area contributed by atoms with Crippen LogP contribution >= 0.6 is 0 Å². The molecule has 4 heteroatoms. The predicted molar refractivity (Wildman–Crippen MR) is 59.8 cm³/mol. The molecule has 0 bridgehead atoms. The quantitative estimate of drug-likeness (QED) is 0.803. The van der Waals surface area contributed by atoms with Crippen LogP contribution in [0.3, 0.4) is 0 Å². The van der Waals surface area contributed by atoms with Crippen LogP contribution in [0.15, 0.2) is 24.3 Å². The number of carbonyl (C=O) groups is 1. The smallest absolute Gasteiger partial charge is 0.323 e. The van der Waals surface area contributed by atoms with Crippen LogP contribution in [0.1, 0.15) is 19.4 Å². The summed E-state index contributed by atoms with van der Waals surface area (Å²) in [7, 11) is 0. The molecule has 0 aromatic heterocycles. The summed E-state index contributed by atoms with van der Waals surface area (Å²) in [5, 5.41) is 12.0. The van der Waals surface area contributed by atoms with E-state index >= 15 is 0 Å². The van der Waals surface area contributed by atoms with Crippen LogP contribution in [-0.2, 0) is 11.2 Å². The van der Waals surface area contributed by atoms with Gasteiger partial charge in [-0.25, -0.2) is 4.39 Å². The molecule has 0 aliphatic rings. The zero-order valence-corrected chi connectivity index (χ0v) is 9.46. The Hall–Kier alpha value is -1.42. The molecule has 0 spiro atoms. The van der Waals surface area contributed by atoms with Crippen molar-refractivity contribution in [2.45, 2.75) is 25.8 Å². The van der Waals surface area contributed by atoms with Gasteiger partial charge in [-0.3, -0.25) is 4.79 Å². The average Bonchev–Trinajstić information content (AvgIpc) is 2.17. The Bertz CT molecular complexity index is 381. The molecule has 88 valence electrons. The van der Waals surface area contributed by atoms with Gasteiger partial charge >= 0.3 is 5.97 Å². The number of carboxylic acid groups (broad SMARTS) is 1. The number of hydrogen-bond acceptors (Lipinski definition) is 2. The molecule has 0 radical (unpaired) electrons. The fourth-order valence-electron chi connectivity index (χ4n) is 1.66. The number of likely N-dealkylation sites (N-methyl/N-ethyl adjacent to an activating group) is 1. The van der Waals surface area contributed by atoms with Crippen molar-refractivity contribution < 1.29 is 14.3 Å². The van der Waals surface area contributed by atoms with Crippen molar-refractivity contribution in [3.63, 3.8) is 0 Å². The molecule has 0 amide bonds. The van der Waals surface area contributed by atoms with Crippen molar-refractivity contribution in [3.05, 3.63) is 35.6 Å². The van der Waals surface area contributed by atoms with E-state index in [1.807, 2.05) is 6.92 Å². The Morgan fingerprint density at radius 2 is 2.25 bits per heavy atom. The van der Waals surface area contributed by atoms with E-state index in [1.165, 1.54) is 12.1 Å². The highest BCUT2D eigenvalue weighted by molar-refractivity contribution is 5.78. The van der Waals surface area contributed by atoms with Gasteiger partial charge in [0.1, 0.15) is 11.4 Å². The maximum atomic E-state index is 13.0. The predicted octanol–water partition coefficient (Wildman–Crippen LogP) is 1.82. The number of carboxylic acids is 1. The van der Waals surface area contributed by atoms with Crippen molar-refractivity contribution >= 4 is 5.97 Å². The number of aliphatic carboxylic acids is 1. The van der Waals surface area contributed by atoms with Crippen LogP contribution in [0.25, 0.3) is 0 Å². The van der Waals surface area contributed by atoms with Crippen molar-refractivity contribution in [1.82, 2.24) is 5.32 Å². The van der Waals surface area contributed by atoms with Gasteiger partial charge in [-0.05, 0) is 31.2 Å². The molecular formula is C12H16FNO2. The van der Waals surface area contributed by atoms with Gasteiger partial charge in [-0.1, -0.05) is 19.1 Å². The molecule has 0 aliphatic carbocycles. The van der Waals surface area contributed by atoms with E-state index in [1.54, 1.807) is 19.1 Å². The number of rotatable bonds is 5. The van der Waals surface area contributed by atoms with E-state index < -0.39 is 11.5 Å². The molecule has 1 aromatic rings. The van der Waals surface area contributed by atoms with Crippen LogP contribution in [0, 0.1) is 5.82 Å². The third-order valence-corrected chi connectivity index (χ3v) is 2.49. The normalized spacial score (nSPS) is 14.4. The number of benzene rings is 1. The second-order valence-electron chi connectivity index (χ2n) is 3.97. The fourth-order valence-corrected chi connectivity index (χ4v) is 1.66. The lowest BCUT2D eigenvalue weighted by atomic mass is 9.93. The molecule has 1 unspecified atom stereocenters. The first kappa shape index (κ1) is 12.6. The van der Waals surface area contributed by atoms with Crippen LogP contribution in [0.2, 0.25) is 0 Å². The average molecular weight is 225 g/mol. The highest BCUT2D eigenvalue weighted by atomic mass is 19.1. The third kappa shape index (κ3) is 3.03. The Labute approximate surface area is 94.3 Å². The summed E-state index contributed by atoms with van der Waals surface area (Å²) in [6.07, 6.45) is 0.258. The Morgan fingerprint density at radius 1 is 1.56 bits per heavy atom. The molecule has 0 saturated carbocycles. The van der Waals surface area contributed by atoms with Crippen molar-refractivity contribution in [1.29, 1.82) is 0 Å². The first-order chi connectivity index (χ1) is 7.48. The van der Waals surface area contributed by atoms with Crippen LogP contribution in [0.5, 0.6) is 0 Å². The zero-order chi connectivity index (χ0) is 12.2. The van der Waals surface area contributed by atoms with E-state index in [0.717, 1.165) is 0 Å². The largest absolute Gasteiger partial charge is 0.480 e. The van der Waals surface area contributed by atoms with Gasteiger partial charge in [-0.15, -0.1) is 0 Å². The van der Waals surface area contributed by atoms with Gasteiger partial charge in [0.05, 0.1) is 0 Å². The number of nitrogens with one attached hydrogen (secondary N) is 1.